The SMILES string of the molecule is O=c1[nH]c(=O)n([C@H]2C[C@H](F)[C@@](F)(CO[PH](=O)Oc3ccccc3)O2)cc1F. The molecular weight excluding hydrogens is 392 g/mol. The van der Waals surface area contributed by atoms with E-state index in [0.29, 0.717) is 10.8 Å². The summed E-state index contributed by atoms with van der Waals surface area (Å²) in [5.41, 5.74) is -2.36. The van der Waals surface area contributed by atoms with Crippen LogP contribution in [0.1, 0.15) is 12.6 Å². The van der Waals surface area contributed by atoms with Gasteiger partial charge in [-0.1, -0.05) is 18.2 Å². The molecule has 1 saturated heterocycles. The molecule has 0 saturated carbocycles. The van der Waals surface area contributed by atoms with Crippen molar-refractivity contribution in [2.24, 2.45) is 0 Å². The summed E-state index contributed by atoms with van der Waals surface area (Å²) in [6.45, 7) is -1.07. The summed E-state index contributed by atoms with van der Waals surface area (Å²) in [6, 6.07) is 7.92. The molecule has 0 aliphatic carbocycles. The van der Waals surface area contributed by atoms with Crippen LogP contribution >= 0.6 is 8.25 Å². The number of hydrogen-bond donors (Lipinski definition) is 1. The minimum atomic E-state index is -3.20. The summed E-state index contributed by atoms with van der Waals surface area (Å²) in [5.74, 6) is -4.13. The van der Waals surface area contributed by atoms with Gasteiger partial charge in [-0.3, -0.25) is 18.9 Å². The van der Waals surface area contributed by atoms with Crippen molar-refractivity contribution < 1.29 is 31.5 Å². The largest absolute Gasteiger partial charge is 0.426 e. The van der Waals surface area contributed by atoms with Crippen LogP contribution in [0.3, 0.4) is 0 Å². The first-order valence-corrected chi connectivity index (χ1v) is 8.92. The van der Waals surface area contributed by atoms with Gasteiger partial charge in [-0.05, 0) is 12.1 Å². The lowest BCUT2D eigenvalue weighted by molar-refractivity contribution is -0.191. The van der Waals surface area contributed by atoms with Crippen LogP contribution in [0.15, 0.2) is 46.1 Å². The van der Waals surface area contributed by atoms with Crippen molar-refractivity contribution >= 4 is 8.25 Å². The van der Waals surface area contributed by atoms with Crippen LogP contribution in [-0.2, 0) is 13.8 Å². The molecule has 2 aromatic rings. The van der Waals surface area contributed by atoms with Gasteiger partial charge in [0.25, 0.3) is 11.4 Å². The lowest BCUT2D eigenvalue weighted by Crippen LogP contribution is -2.37. The Kier molecular flexibility index (Phi) is 5.54. The molecule has 0 radical (unpaired) electrons. The number of aromatic nitrogens is 2. The number of ether oxygens (including phenoxy) is 1. The zero-order valence-corrected chi connectivity index (χ0v) is 14.6. The highest BCUT2D eigenvalue weighted by Gasteiger charge is 2.52. The summed E-state index contributed by atoms with van der Waals surface area (Å²) in [6.07, 6.45) is -3.93. The molecule has 1 aliphatic rings. The Labute approximate surface area is 150 Å². The molecule has 146 valence electrons. The molecule has 0 amide bonds. The highest BCUT2D eigenvalue weighted by atomic mass is 31.1. The van der Waals surface area contributed by atoms with Crippen molar-refractivity contribution in [3.8, 4) is 5.75 Å². The molecule has 12 heteroatoms. The number of benzene rings is 1. The van der Waals surface area contributed by atoms with Crippen LogP contribution in [0.2, 0.25) is 0 Å². The van der Waals surface area contributed by atoms with Crippen LogP contribution < -0.4 is 15.8 Å². The zero-order chi connectivity index (χ0) is 19.6. The molecule has 1 unspecified atom stereocenters. The van der Waals surface area contributed by atoms with Gasteiger partial charge in [-0.15, -0.1) is 0 Å². The molecule has 1 aromatic carbocycles. The minimum absolute atomic E-state index is 0.214. The van der Waals surface area contributed by atoms with Crippen molar-refractivity contribution in [3.63, 3.8) is 0 Å². The lowest BCUT2D eigenvalue weighted by Gasteiger charge is -2.22. The Morgan fingerprint density at radius 3 is 2.74 bits per heavy atom. The average Bonchev–Trinajstić information content (AvgIpc) is 2.92. The molecule has 1 aromatic heterocycles. The van der Waals surface area contributed by atoms with Gasteiger partial charge >= 0.3 is 13.9 Å². The Hall–Kier alpha value is -2.36. The van der Waals surface area contributed by atoms with E-state index in [1.54, 1.807) is 23.2 Å². The maximum atomic E-state index is 14.7. The summed E-state index contributed by atoms with van der Waals surface area (Å²) in [7, 11) is -3.20. The first-order valence-electron chi connectivity index (χ1n) is 7.70. The topological polar surface area (TPSA) is 99.6 Å². The minimum Gasteiger partial charge on any atom is -0.426 e. The highest BCUT2D eigenvalue weighted by Crippen LogP contribution is 2.41. The van der Waals surface area contributed by atoms with Crippen LogP contribution in [0.5, 0.6) is 5.75 Å². The lowest BCUT2D eigenvalue weighted by atomic mass is 10.2. The molecule has 1 fully saturated rings. The van der Waals surface area contributed by atoms with Crippen molar-refractivity contribution in [1.82, 2.24) is 9.55 Å². The van der Waals surface area contributed by atoms with E-state index < -0.39 is 56.6 Å². The summed E-state index contributed by atoms with van der Waals surface area (Å²) < 4.78 is 68.9. The van der Waals surface area contributed by atoms with E-state index in [1.807, 2.05) is 0 Å². The van der Waals surface area contributed by atoms with Crippen molar-refractivity contribution in [1.29, 1.82) is 0 Å². The molecular formula is C15H14F3N2O6P. The summed E-state index contributed by atoms with van der Waals surface area (Å²) >= 11 is 0. The Balaban J connectivity index is 1.66. The number of rotatable bonds is 6. The van der Waals surface area contributed by atoms with E-state index >= 15 is 0 Å². The molecule has 8 nitrogen and oxygen atoms in total. The number of halogens is 3. The van der Waals surface area contributed by atoms with Gasteiger partial charge in [0, 0.05) is 6.42 Å². The second kappa shape index (κ2) is 7.71. The molecule has 3 rings (SSSR count). The smallest absolute Gasteiger partial charge is 0.368 e. The maximum Gasteiger partial charge on any atom is 0.368 e. The number of aromatic amines is 1. The summed E-state index contributed by atoms with van der Waals surface area (Å²) in [5, 5.41) is 0. The Morgan fingerprint density at radius 1 is 1.33 bits per heavy atom. The predicted octanol–water partition coefficient (Wildman–Crippen LogP) is 2.08. The molecule has 0 bridgehead atoms. The second-order valence-electron chi connectivity index (χ2n) is 5.66. The third-order valence-electron chi connectivity index (χ3n) is 3.77. The van der Waals surface area contributed by atoms with Gasteiger partial charge in [-0.25, -0.2) is 18.1 Å². The third-order valence-corrected chi connectivity index (χ3v) is 4.56. The Morgan fingerprint density at radius 2 is 2.04 bits per heavy atom. The fourth-order valence-electron chi connectivity index (χ4n) is 2.44. The number of nitrogens with one attached hydrogen (secondary N) is 1. The average molecular weight is 406 g/mol. The summed E-state index contributed by atoms with van der Waals surface area (Å²) in [4.78, 5) is 24.4. The number of alkyl halides is 2. The van der Waals surface area contributed by atoms with Crippen LogP contribution in [0, 0.1) is 5.82 Å². The van der Waals surface area contributed by atoms with E-state index in [0.717, 1.165) is 0 Å². The van der Waals surface area contributed by atoms with Crippen molar-refractivity contribution in [3.05, 3.63) is 63.2 Å². The number of H-pyrrole nitrogens is 1. The molecule has 1 aliphatic heterocycles. The third kappa shape index (κ3) is 4.32. The Bertz CT molecular complexity index is 953. The maximum absolute atomic E-state index is 14.7. The van der Waals surface area contributed by atoms with Gasteiger partial charge in [-0.2, -0.15) is 4.39 Å². The van der Waals surface area contributed by atoms with Gasteiger partial charge < -0.3 is 9.26 Å². The number of nitrogens with zero attached hydrogens (tertiary/aromatic N) is 1. The predicted molar refractivity (Wildman–Crippen MR) is 86.8 cm³/mol. The fourth-order valence-corrected chi connectivity index (χ4v) is 3.14. The molecule has 4 atom stereocenters. The standard InChI is InChI=1S/C15H14F3N2O6P/c16-10-7-20(14(22)19-13(10)21)12-6-11(17)15(18,25-12)8-24-27(23)26-9-4-2-1-3-5-9/h1-5,7,11-12,27H,6,8H2,(H,19,21,22)/t11-,12+,15+/m0/s1. The van der Waals surface area contributed by atoms with Gasteiger partial charge in [0.15, 0.2) is 6.17 Å². The van der Waals surface area contributed by atoms with E-state index in [2.05, 4.69) is 0 Å². The van der Waals surface area contributed by atoms with E-state index in [1.165, 1.54) is 12.1 Å². The molecule has 27 heavy (non-hydrogen) atoms. The fraction of sp³-hybridized carbons (Fsp3) is 0.333. The van der Waals surface area contributed by atoms with Gasteiger partial charge in [0.05, 0.1) is 6.20 Å². The molecule has 1 N–H and O–H groups in total. The van der Waals surface area contributed by atoms with E-state index in [9.17, 15) is 27.3 Å². The zero-order valence-electron chi connectivity index (χ0n) is 13.6. The number of para-hydroxylation sites is 1. The van der Waals surface area contributed by atoms with Crippen LogP contribution in [-0.4, -0.2) is 28.2 Å². The van der Waals surface area contributed by atoms with Crippen LogP contribution in [0.25, 0.3) is 0 Å². The first kappa shape index (κ1) is 19.4. The van der Waals surface area contributed by atoms with E-state index in [-0.39, 0.29) is 5.75 Å². The van der Waals surface area contributed by atoms with Gasteiger partial charge in [0.1, 0.15) is 18.6 Å². The van der Waals surface area contributed by atoms with Gasteiger partial charge in [0.2, 0.25) is 5.82 Å². The van der Waals surface area contributed by atoms with Crippen molar-refractivity contribution in [2.75, 3.05) is 6.61 Å². The normalized spacial score (nSPS) is 26.0. The highest BCUT2D eigenvalue weighted by molar-refractivity contribution is 7.33. The molecule has 2 heterocycles. The number of hydrogen-bond acceptors (Lipinski definition) is 6. The van der Waals surface area contributed by atoms with Crippen molar-refractivity contribution in [2.45, 2.75) is 24.7 Å². The first-order chi connectivity index (χ1) is 12.8. The quantitative estimate of drug-likeness (QED) is 0.738. The second-order valence-corrected chi connectivity index (χ2v) is 6.65. The molecule has 0 spiro atoms. The monoisotopic (exact) mass is 406 g/mol. The van der Waals surface area contributed by atoms with Crippen LogP contribution in [0.4, 0.5) is 13.2 Å². The van der Waals surface area contributed by atoms with E-state index in [4.69, 9.17) is 13.8 Å².